The topological polar surface area (TPSA) is 34.9 Å². The van der Waals surface area contributed by atoms with Crippen LogP contribution in [0.25, 0.3) is 0 Å². The molecule has 0 aliphatic rings. The van der Waals surface area contributed by atoms with E-state index in [4.69, 9.17) is 0 Å². The van der Waals surface area contributed by atoms with Crippen LogP contribution in [0.15, 0.2) is 43.0 Å². The molecule has 0 unspecified atom stereocenters. The van der Waals surface area contributed by atoms with Gasteiger partial charge in [0.2, 0.25) is 0 Å². The van der Waals surface area contributed by atoms with Gasteiger partial charge in [-0.05, 0) is 17.7 Å². The first kappa shape index (κ1) is 12.3. The molecule has 2 aromatic rings. The standard InChI is InChI=1S/C12H9F3N2O/c13-12(14,15)11(18)10-3-5-17(8-10)7-9-2-1-4-16-6-9/h1-6,8H,7H2. The molecule has 0 N–H and O–H groups in total. The summed E-state index contributed by atoms with van der Waals surface area (Å²) in [6, 6.07) is 4.70. The number of nitrogens with zero attached hydrogens (tertiary/aromatic N) is 2. The average Bonchev–Trinajstić information content (AvgIpc) is 2.76. The number of halogens is 3. The maximum absolute atomic E-state index is 12.2. The number of pyridine rings is 1. The lowest BCUT2D eigenvalue weighted by Gasteiger charge is -2.03. The molecule has 0 aliphatic heterocycles. The highest BCUT2D eigenvalue weighted by molar-refractivity contribution is 6.00. The second-order valence-corrected chi connectivity index (χ2v) is 3.76. The van der Waals surface area contributed by atoms with Crippen molar-refractivity contribution < 1.29 is 18.0 Å². The molecule has 0 spiro atoms. The number of hydrogen-bond acceptors (Lipinski definition) is 2. The van der Waals surface area contributed by atoms with E-state index < -0.39 is 12.0 Å². The number of ketones is 1. The molecule has 2 rings (SSSR count). The van der Waals surface area contributed by atoms with Crippen molar-refractivity contribution in [2.24, 2.45) is 0 Å². The summed E-state index contributed by atoms with van der Waals surface area (Å²) < 4.78 is 38.1. The number of aromatic nitrogens is 2. The van der Waals surface area contributed by atoms with Gasteiger partial charge in [-0.3, -0.25) is 9.78 Å². The van der Waals surface area contributed by atoms with Crippen LogP contribution in [0.2, 0.25) is 0 Å². The number of hydrogen-bond donors (Lipinski definition) is 0. The molecule has 2 heterocycles. The Labute approximate surface area is 101 Å². The van der Waals surface area contributed by atoms with Gasteiger partial charge in [0.1, 0.15) is 0 Å². The van der Waals surface area contributed by atoms with E-state index in [1.807, 2.05) is 0 Å². The highest BCUT2D eigenvalue weighted by Crippen LogP contribution is 2.21. The van der Waals surface area contributed by atoms with E-state index in [0.29, 0.717) is 6.54 Å². The minimum absolute atomic E-state index is 0.355. The fourth-order valence-corrected chi connectivity index (χ4v) is 1.54. The maximum Gasteiger partial charge on any atom is 0.454 e. The second-order valence-electron chi connectivity index (χ2n) is 3.76. The normalized spacial score (nSPS) is 11.5. The first-order chi connectivity index (χ1) is 8.47. The molecule has 0 saturated carbocycles. The molecular weight excluding hydrogens is 245 g/mol. The van der Waals surface area contributed by atoms with Gasteiger partial charge in [-0.2, -0.15) is 13.2 Å². The summed E-state index contributed by atoms with van der Waals surface area (Å²) in [5, 5.41) is 0. The molecule has 0 fully saturated rings. The first-order valence-corrected chi connectivity index (χ1v) is 5.13. The lowest BCUT2D eigenvalue weighted by Crippen LogP contribution is -2.22. The highest BCUT2D eigenvalue weighted by Gasteiger charge is 2.39. The minimum Gasteiger partial charge on any atom is -0.349 e. The van der Waals surface area contributed by atoms with Gasteiger partial charge in [-0.15, -0.1) is 0 Å². The van der Waals surface area contributed by atoms with Gasteiger partial charge < -0.3 is 4.57 Å². The molecule has 0 radical (unpaired) electrons. The van der Waals surface area contributed by atoms with Gasteiger partial charge >= 0.3 is 6.18 Å². The molecule has 0 atom stereocenters. The molecule has 3 nitrogen and oxygen atoms in total. The fourth-order valence-electron chi connectivity index (χ4n) is 1.54. The third kappa shape index (κ3) is 2.77. The van der Waals surface area contributed by atoms with Gasteiger partial charge in [0.05, 0.1) is 0 Å². The molecule has 0 bridgehead atoms. The van der Waals surface area contributed by atoms with Gasteiger partial charge in [0, 0.05) is 36.9 Å². The predicted octanol–water partition coefficient (Wildman–Crippen LogP) is 2.68. The molecular formula is C12H9F3N2O. The van der Waals surface area contributed by atoms with Crippen molar-refractivity contribution in [3.8, 4) is 0 Å². The van der Waals surface area contributed by atoms with E-state index in [2.05, 4.69) is 4.98 Å². The Bertz CT molecular complexity index is 546. The van der Waals surface area contributed by atoms with E-state index in [1.54, 1.807) is 24.5 Å². The Balaban J connectivity index is 2.14. The summed E-state index contributed by atoms with van der Waals surface area (Å²) in [5.41, 5.74) is 0.491. The van der Waals surface area contributed by atoms with Crippen molar-refractivity contribution in [3.05, 3.63) is 54.1 Å². The SMILES string of the molecule is O=C(c1ccn(Cc2cccnc2)c1)C(F)(F)F. The average molecular weight is 254 g/mol. The van der Waals surface area contributed by atoms with Crippen LogP contribution in [-0.4, -0.2) is 21.5 Å². The second kappa shape index (κ2) is 4.64. The third-order valence-corrected chi connectivity index (χ3v) is 2.36. The van der Waals surface area contributed by atoms with Gasteiger partial charge in [-0.25, -0.2) is 0 Å². The van der Waals surface area contributed by atoms with Crippen molar-refractivity contribution in [3.63, 3.8) is 0 Å². The monoisotopic (exact) mass is 254 g/mol. The largest absolute Gasteiger partial charge is 0.454 e. The maximum atomic E-state index is 12.2. The van der Waals surface area contributed by atoms with Gasteiger partial charge in [0.25, 0.3) is 5.78 Å². The summed E-state index contributed by atoms with van der Waals surface area (Å²) in [6.07, 6.45) is 1.01. The zero-order valence-electron chi connectivity index (χ0n) is 9.19. The Morgan fingerprint density at radius 3 is 2.72 bits per heavy atom. The molecule has 0 aromatic carbocycles. The number of alkyl halides is 3. The van der Waals surface area contributed by atoms with Crippen LogP contribution in [0.3, 0.4) is 0 Å². The Kier molecular flexibility index (Phi) is 3.18. The minimum atomic E-state index is -4.83. The van der Waals surface area contributed by atoms with Crippen LogP contribution in [0.5, 0.6) is 0 Å². The van der Waals surface area contributed by atoms with Crippen molar-refractivity contribution in [1.29, 1.82) is 0 Å². The molecule has 2 aromatic heterocycles. The number of carbonyl (C=O) groups excluding carboxylic acids is 1. The number of Topliss-reactive ketones (excluding diaryl/α,β-unsaturated/α-hetero) is 1. The quantitative estimate of drug-likeness (QED) is 0.789. The zero-order chi connectivity index (χ0) is 13.2. The van der Waals surface area contributed by atoms with Crippen LogP contribution in [0, 0.1) is 0 Å². The molecule has 0 saturated heterocycles. The number of carbonyl (C=O) groups is 1. The van der Waals surface area contributed by atoms with Crippen LogP contribution in [-0.2, 0) is 6.54 Å². The summed E-state index contributed by atoms with van der Waals surface area (Å²) in [4.78, 5) is 14.9. The molecule has 0 aliphatic carbocycles. The molecule has 18 heavy (non-hydrogen) atoms. The third-order valence-electron chi connectivity index (χ3n) is 2.36. The summed E-state index contributed by atoms with van der Waals surface area (Å²) in [7, 11) is 0. The fraction of sp³-hybridized carbons (Fsp3) is 0.167. The Hall–Kier alpha value is -2.11. The lowest BCUT2D eigenvalue weighted by molar-refractivity contribution is -0.0885. The van der Waals surface area contributed by atoms with Crippen LogP contribution in [0.1, 0.15) is 15.9 Å². The van der Waals surface area contributed by atoms with E-state index in [9.17, 15) is 18.0 Å². The number of rotatable bonds is 3. The summed E-state index contributed by atoms with van der Waals surface area (Å²) in [5.74, 6) is -1.83. The molecule has 94 valence electrons. The van der Waals surface area contributed by atoms with Crippen molar-refractivity contribution >= 4 is 5.78 Å². The first-order valence-electron chi connectivity index (χ1n) is 5.13. The van der Waals surface area contributed by atoms with Gasteiger partial charge in [-0.1, -0.05) is 6.07 Å². The van der Waals surface area contributed by atoms with E-state index in [1.165, 1.54) is 17.0 Å². The Morgan fingerprint density at radius 2 is 2.11 bits per heavy atom. The van der Waals surface area contributed by atoms with Crippen LogP contribution < -0.4 is 0 Å². The van der Waals surface area contributed by atoms with E-state index in [0.717, 1.165) is 11.6 Å². The molecule has 6 heteroatoms. The zero-order valence-corrected chi connectivity index (χ0v) is 9.19. The van der Waals surface area contributed by atoms with Crippen molar-refractivity contribution in [2.75, 3.05) is 0 Å². The van der Waals surface area contributed by atoms with Crippen molar-refractivity contribution in [2.45, 2.75) is 12.7 Å². The van der Waals surface area contributed by atoms with E-state index in [-0.39, 0.29) is 5.56 Å². The summed E-state index contributed by atoms with van der Waals surface area (Å²) >= 11 is 0. The van der Waals surface area contributed by atoms with Crippen LogP contribution >= 0.6 is 0 Å². The highest BCUT2D eigenvalue weighted by atomic mass is 19.4. The van der Waals surface area contributed by atoms with E-state index >= 15 is 0 Å². The smallest absolute Gasteiger partial charge is 0.349 e. The Morgan fingerprint density at radius 1 is 1.33 bits per heavy atom. The van der Waals surface area contributed by atoms with Crippen molar-refractivity contribution in [1.82, 2.24) is 9.55 Å². The summed E-state index contributed by atoms with van der Waals surface area (Å²) in [6.45, 7) is 0.374. The van der Waals surface area contributed by atoms with Gasteiger partial charge in [0.15, 0.2) is 0 Å². The molecule has 0 amide bonds. The lowest BCUT2D eigenvalue weighted by atomic mass is 10.2. The predicted molar refractivity (Wildman–Crippen MR) is 58.2 cm³/mol. The van der Waals surface area contributed by atoms with Crippen LogP contribution in [0.4, 0.5) is 13.2 Å².